The Morgan fingerprint density at radius 1 is 0.583 bits per heavy atom. The Labute approximate surface area is 281 Å². The minimum absolute atomic E-state index is 0.0395. The molecule has 7 aromatic carbocycles. The largest absolute Gasteiger partial charge is 0.457 e. The van der Waals surface area contributed by atoms with E-state index in [2.05, 4.69) is 176 Å². The quantitative estimate of drug-likeness (QED) is 0.180. The third kappa shape index (κ3) is 3.66. The van der Waals surface area contributed by atoms with E-state index in [1.165, 1.54) is 72.3 Å². The maximum absolute atomic E-state index is 6.76. The molecule has 0 aromatic heterocycles. The first-order valence-corrected chi connectivity index (χ1v) is 16.8. The number of rotatable bonds is 2. The normalized spacial score (nSPS) is 14.8. The number of benzene rings is 7. The summed E-state index contributed by atoms with van der Waals surface area (Å²) in [7, 11) is 0. The number of hydrogen-bond donors (Lipinski definition) is 0. The Bertz CT molecular complexity index is 2450. The number of hydrogen-bond acceptors (Lipinski definition) is 3. The van der Waals surface area contributed by atoms with Crippen molar-refractivity contribution >= 4 is 57.0 Å². The van der Waals surface area contributed by atoms with Gasteiger partial charge in [-0.05, 0) is 82.9 Å². The van der Waals surface area contributed by atoms with Gasteiger partial charge in [0.05, 0.1) is 5.69 Å². The fraction of sp³-hybridized carbons (Fsp3) is 0.0909. The average molecular weight is 617 g/mol. The zero-order valence-electron chi connectivity index (χ0n) is 27.2. The summed E-state index contributed by atoms with van der Waals surface area (Å²) in [6, 6.07) is 53.2. The third-order valence-electron chi connectivity index (χ3n) is 10.8. The van der Waals surface area contributed by atoms with Gasteiger partial charge in [0.15, 0.2) is 0 Å². The van der Waals surface area contributed by atoms with Crippen molar-refractivity contribution in [3.05, 3.63) is 162 Å². The van der Waals surface area contributed by atoms with Crippen molar-refractivity contribution < 1.29 is 4.74 Å². The molecule has 10 rings (SSSR count). The van der Waals surface area contributed by atoms with Gasteiger partial charge in [-0.25, -0.2) is 0 Å². The molecule has 3 nitrogen and oxygen atoms in total. The van der Waals surface area contributed by atoms with Crippen LogP contribution >= 0.6 is 0 Å². The van der Waals surface area contributed by atoms with Crippen LogP contribution in [0.5, 0.6) is 11.5 Å². The van der Waals surface area contributed by atoms with Gasteiger partial charge in [-0.15, -0.1) is 0 Å². The van der Waals surface area contributed by atoms with Crippen LogP contribution in [0, 0.1) is 6.92 Å². The Balaban J connectivity index is 1.37. The van der Waals surface area contributed by atoms with Gasteiger partial charge in [-0.1, -0.05) is 111 Å². The molecule has 0 radical (unpaired) electrons. The molecule has 3 aliphatic rings. The summed E-state index contributed by atoms with van der Waals surface area (Å²) in [5.41, 5.74) is 14.5. The first-order valence-electron chi connectivity index (χ1n) is 16.8. The van der Waals surface area contributed by atoms with E-state index < -0.39 is 0 Å². The summed E-state index contributed by atoms with van der Waals surface area (Å²) in [5, 5.41) is 2.47. The molecule has 0 atom stereocenters. The zero-order chi connectivity index (χ0) is 32.1. The smallest absolute Gasteiger partial charge is 0.333 e. The Morgan fingerprint density at radius 3 is 2.15 bits per heavy atom. The highest BCUT2D eigenvalue weighted by atomic mass is 16.5. The summed E-state index contributed by atoms with van der Waals surface area (Å²) in [6.45, 7) is 6.85. The lowest BCUT2D eigenvalue weighted by Gasteiger charge is -2.47. The van der Waals surface area contributed by atoms with Crippen molar-refractivity contribution in [1.29, 1.82) is 0 Å². The predicted molar refractivity (Wildman–Crippen MR) is 201 cm³/mol. The molecule has 0 fully saturated rings. The lowest BCUT2D eigenvalue weighted by molar-refractivity contribution is 0.418. The topological polar surface area (TPSA) is 15.7 Å². The van der Waals surface area contributed by atoms with E-state index in [0.29, 0.717) is 0 Å². The highest BCUT2D eigenvalue weighted by Crippen LogP contribution is 2.55. The van der Waals surface area contributed by atoms with Crippen LogP contribution in [0.1, 0.15) is 30.5 Å². The van der Waals surface area contributed by atoms with Crippen molar-refractivity contribution in [2.75, 3.05) is 9.71 Å². The number of nitrogens with zero attached hydrogens (tertiary/aromatic N) is 2. The first-order chi connectivity index (χ1) is 23.5. The number of ether oxygens (including phenoxy) is 1. The molecule has 0 saturated heterocycles. The number of aryl methyl sites for hydroxylation is 1. The molecule has 3 heterocycles. The second kappa shape index (κ2) is 9.89. The van der Waals surface area contributed by atoms with Gasteiger partial charge in [-0.2, -0.15) is 0 Å². The van der Waals surface area contributed by atoms with E-state index in [0.717, 1.165) is 17.2 Å². The molecule has 3 aliphatic heterocycles. The molecule has 0 saturated carbocycles. The molecule has 0 amide bonds. The van der Waals surface area contributed by atoms with E-state index >= 15 is 0 Å². The summed E-state index contributed by atoms with van der Waals surface area (Å²) >= 11 is 0. The second-order valence-electron chi connectivity index (χ2n) is 13.8. The lowest BCUT2D eigenvalue weighted by Crippen LogP contribution is -2.61. The van der Waals surface area contributed by atoms with Gasteiger partial charge in [0.1, 0.15) is 11.5 Å². The number of fused-ring (bicyclic) bond motifs is 8. The predicted octanol–water partition coefficient (Wildman–Crippen LogP) is 10.3. The Hall–Kier alpha value is -5.74. The summed E-state index contributed by atoms with van der Waals surface area (Å²) in [5.74, 6) is 1.86. The van der Waals surface area contributed by atoms with Crippen LogP contribution < -0.4 is 25.4 Å². The van der Waals surface area contributed by atoms with E-state index in [1.54, 1.807) is 0 Å². The lowest BCUT2D eigenvalue weighted by atomic mass is 9.43. The molecular weight excluding hydrogens is 583 g/mol. The summed E-state index contributed by atoms with van der Waals surface area (Å²) in [6.07, 6.45) is 0. The second-order valence-corrected chi connectivity index (χ2v) is 13.8. The van der Waals surface area contributed by atoms with Gasteiger partial charge in [0.25, 0.3) is 0 Å². The van der Waals surface area contributed by atoms with Gasteiger partial charge in [0, 0.05) is 50.2 Å². The first kappa shape index (κ1) is 27.4. The van der Waals surface area contributed by atoms with E-state index in [9.17, 15) is 0 Å². The van der Waals surface area contributed by atoms with Crippen LogP contribution in [0.2, 0.25) is 0 Å². The molecule has 7 aromatic rings. The number of anilines is 5. The van der Waals surface area contributed by atoms with Gasteiger partial charge < -0.3 is 14.4 Å². The van der Waals surface area contributed by atoms with Crippen LogP contribution in [0.4, 0.5) is 28.4 Å². The van der Waals surface area contributed by atoms with Gasteiger partial charge in [-0.3, -0.25) is 0 Å². The van der Waals surface area contributed by atoms with Crippen molar-refractivity contribution in [2.24, 2.45) is 0 Å². The van der Waals surface area contributed by atoms with Crippen molar-refractivity contribution in [1.82, 2.24) is 0 Å². The fourth-order valence-corrected chi connectivity index (χ4v) is 8.53. The highest BCUT2D eigenvalue weighted by Gasteiger charge is 2.47. The van der Waals surface area contributed by atoms with Crippen LogP contribution in [0.25, 0.3) is 21.9 Å². The van der Waals surface area contributed by atoms with E-state index in [4.69, 9.17) is 4.74 Å². The fourth-order valence-electron chi connectivity index (χ4n) is 8.53. The van der Waals surface area contributed by atoms with Crippen LogP contribution in [-0.2, 0) is 5.41 Å². The average Bonchev–Trinajstić information content (AvgIpc) is 3.12. The molecule has 0 bridgehead atoms. The molecule has 0 spiro atoms. The van der Waals surface area contributed by atoms with Crippen molar-refractivity contribution in [3.63, 3.8) is 0 Å². The van der Waals surface area contributed by atoms with Gasteiger partial charge in [0.2, 0.25) is 0 Å². The SMILES string of the molecule is Cc1ccccc1N1B2c3ccccc3N(c3ccccc3)c3c2c(cc2ccccc32)-c2cc3c(cc21)C(C)(C)c1ccccc1O3. The molecule has 0 aliphatic carbocycles. The van der Waals surface area contributed by atoms with Crippen LogP contribution in [-0.4, -0.2) is 6.85 Å². The van der Waals surface area contributed by atoms with Crippen molar-refractivity contribution in [3.8, 4) is 22.6 Å². The van der Waals surface area contributed by atoms with Gasteiger partial charge >= 0.3 is 6.85 Å². The molecule has 0 unspecified atom stereocenters. The maximum atomic E-state index is 6.76. The molecular formula is C44H33BN2O. The summed E-state index contributed by atoms with van der Waals surface area (Å²) in [4.78, 5) is 5.10. The summed E-state index contributed by atoms with van der Waals surface area (Å²) < 4.78 is 6.76. The Kier molecular flexibility index (Phi) is 5.64. The van der Waals surface area contributed by atoms with E-state index in [-0.39, 0.29) is 12.3 Å². The molecule has 4 heteroatoms. The van der Waals surface area contributed by atoms with Crippen LogP contribution in [0.3, 0.4) is 0 Å². The third-order valence-corrected chi connectivity index (χ3v) is 10.8. The van der Waals surface area contributed by atoms with E-state index in [1.807, 2.05) is 0 Å². The highest BCUT2D eigenvalue weighted by molar-refractivity contribution is 6.94. The minimum atomic E-state index is -0.236. The monoisotopic (exact) mass is 616 g/mol. The molecule has 228 valence electrons. The molecule has 0 N–H and O–H groups in total. The van der Waals surface area contributed by atoms with Crippen LogP contribution in [0.15, 0.2) is 146 Å². The zero-order valence-corrected chi connectivity index (χ0v) is 27.2. The number of para-hydroxylation sites is 4. The maximum Gasteiger partial charge on any atom is 0.333 e. The molecule has 48 heavy (non-hydrogen) atoms. The van der Waals surface area contributed by atoms with Crippen molar-refractivity contribution in [2.45, 2.75) is 26.2 Å². The standard InChI is InChI=1S/C44H33BN2O/c1-28-15-7-12-22-37(28)47-39-27-35-41(48-40-24-14-10-20-34(40)44(35,2)3)26-32(39)33-25-29-16-8-9-19-31(29)43-42(33)45(47)36-21-11-13-23-38(36)46(43)30-17-5-4-6-18-30/h4-27H,1-3H3. The Morgan fingerprint density at radius 2 is 1.29 bits per heavy atom. The minimum Gasteiger partial charge on any atom is -0.457 e.